The van der Waals surface area contributed by atoms with Gasteiger partial charge in [-0.05, 0) is 41.8 Å². The van der Waals surface area contributed by atoms with Crippen molar-refractivity contribution in [3.8, 4) is 6.07 Å². The van der Waals surface area contributed by atoms with Gasteiger partial charge in [0.1, 0.15) is 0 Å². The Kier molecular flexibility index (Phi) is 6.66. The summed E-state index contributed by atoms with van der Waals surface area (Å²) in [6.07, 6.45) is 1.45. The fraction of sp³-hybridized carbons (Fsp3) is 0.263. The average molecular weight is 322 g/mol. The van der Waals surface area contributed by atoms with E-state index in [4.69, 9.17) is 5.26 Å². The molecule has 0 unspecified atom stereocenters. The Morgan fingerprint density at radius 2 is 1.62 bits per heavy atom. The molecule has 0 atom stereocenters. The molecule has 0 radical (unpaired) electrons. The predicted octanol–water partition coefficient (Wildman–Crippen LogP) is 3.90. The van der Waals surface area contributed by atoms with Crippen molar-refractivity contribution in [3.63, 3.8) is 0 Å². The lowest BCUT2D eigenvalue weighted by Gasteiger charge is -2.09. The molecular weight excluding hydrogens is 300 g/mol. The van der Waals surface area contributed by atoms with Gasteiger partial charge in [0, 0.05) is 24.5 Å². The fourth-order valence-corrected chi connectivity index (χ4v) is 2.16. The molecule has 0 fully saturated rings. The van der Waals surface area contributed by atoms with Gasteiger partial charge in [-0.2, -0.15) is 5.26 Å². The standard InChI is InChI=1S/C19H22N4O/c1-2-13-21-17-7-5-16(6-8-17)14-22-19(24)23-18-9-3-15(4-10-18)11-12-20/h3-10,21H,2,11,13-14H2,1H3,(H2,22,23,24). The number of anilines is 2. The van der Waals surface area contributed by atoms with Crippen LogP contribution in [0.5, 0.6) is 0 Å². The summed E-state index contributed by atoms with van der Waals surface area (Å²) in [5.74, 6) is 0. The fourth-order valence-electron chi connectivity index (χ4n) is 2.16. The van der Waals surface area contributed by atoms with Crippen molar-refractivity contribution in [2.45, 2.75) is 26.3 Å². The van der Waals surface area contributed by atoms with E-state index in [1.807, 2.05) is 36.4 Å². The van der Waals surface area contributed by atoms with E-state index in [0.717, 1.165) is 29.8 Å². The maximum Gasteiger partial charge on any atom is 0.319 e. The zero-order valence-corrected chi connectivity index (χ0v) is 13.8. The molecule has 0 aliphatic carbocycles. The first-order valence-corrected chi connectivity index (χ1v) is 8.05. The number of urea groups is 1. The Balaban J connectivity index is 1.79. The number of rotatable bonds is 7. The zero-order valence-electron chi connectivity index (χ0n) is 13.8. The van der Waals surface area contributed by atoms with Crippen LogP contribution >= 0.6 is 0 Å². The van der Waals surface area contributed by atoms with Gasteiger partial charge in [-0.25, -0.2) is 4.79 Å². The van der Waals surface area contributed by atoms with Crippen LogP contribution in [0.4, 0.5) is 16.2 Å². The largest absolute Gasteiger partial charge is 0.385 e. The van der Waals surface area contributed by atoms with Gasteiger partial charge < -0.3 is 16.0 Å². The van der Waals surface area contributed by atoms with Crippen LogP contribution in [0.1, 0.15) is 24.5 Å². The minimum Gasteiger partial charge on any atom is -0.385 e. The maximum absolute atomic E-state index is 11.9. The molecule has 0 bridgehead atoms. The summed E-state index contributed by atoms with van der Waals surface area (Å²) in [5, 5.41) is 17.6. The van der Waals surface area contributed by atoms with Gasteiger partial charge in [-0.1, -0.05) is 31.2 Å². The minimum absolute atomic E-state index is 0.254. The molecule has 2 rings (SSSR count). The summed E-state index contributed by atoms with van der Waals surface area (Å²) in [6.45, 7) is 3.54. The highest BCUT2D eigenvalue weighted by atomic mass is 16.2. The van der Waals surface area contributed by atoms with Crippen molar-refractivity contribution in [2.24, 2.45) is 0 Å². The van der Waals surface area contributed by atoms with Gasteiger partial charge in [-0.15, -0.1) is 0 Å². The number of carbonyl (C=O) groups excluding carboxylic acids is 1. The SMILES string of the molecule is CCCNc1ccc(CNC(=O)Nc2ccc(CC#N)cc2)cc1. The third kappa shape index (κ3) is 5.65. The third-order valence-electron chi connectivity index (χ3n) is 3.48. The molecule has 0 heterocycles. The monoisotopic (exact) mass is 322 g/mol. The smallest absolute Gasteiger partial charge is 0.319 e. The van der Waals surface area contributed by atoms with Crippen LogP contribution in [-0.4, -0.2) is 12.6 Å². The molecule has 124 valence electrons. The van der Waals surface area contributed by atoms with E-state index in [1.54, 1.807) is 12.1 Å². The van der Waals surface area contributed by atoms with Crippen molar-refractivity contribution < 1.29 is 4.79 Å². The van der Waals surface area contributed by atoms with Gasteiger partial charge in [0.15, 0.2) is 0 Å². The van der Waals surface area contributed by atoms with E-state index in [1.165, 1.54) is 0 Å². The Bertz CT molecular complexity index is 687. The second kappa shape index (κ2) is 9.21. The number of amides is 2. The van der Waals surface area contributed by atoms with Crippen LogP contribution in [0.2, 0.25) is 0 Å². The molecule has 0 saturated heterocycles. The highest BCUT2D eigenvalue weighted by Crippen LogP contribution is 2.11. The van der Waals surface area contributed by atoms with Crippen LogP contribution in [0.15, 0.2) is 48.5 Å². The number of benzene rings is 2. The molecule has 24 heavy (non-hydrogen) atoms. The highest BCUT2D eigenvalue weighted by Gasteiger charge is 2.02. The highest BCUT2D eigenvalue weighted by molar-refractivity contribution is 5.89. The van der Waals surface area contributed by atoms with E-state index in [-0.39, 0.29) is 6.03 Å². The number of carbonyl (C=O) groups is 1. The second-order valence-corrected chi connectivity index (χ2v) is 5.46. The zero-order chi connectivity index (χ0) is 17.2. The first-order valence-electron chi connectivity index (χ1n) is 8.05. The van der Waals surface area contributed by atoms with Crippen molar-refractivity contribution >= 4 is 17.4 Å². The Labute approximate surface area is 142 Å². The lowest BCUT2D eigenvalue weighted by molar-refractivity contribution is 0.251. The maximum atomic E-state index is 11.9. The normalized spacial score (nSPS) is 9.83. The molecule has 0 saturated carbocycles. The first-order chi connectivity index (χ1) is 11.7. The molecule has 3 N–H and O–H groups in total. The molecule has 0 aliphatic rings. The van der Waals surface area contributed by atoms with E-state index in [2.05, 4.69) is 28.9 Å². The van der Waals surface area contributed by atoms with Crippen LogP contribution in [0, 0.1) is 11.3 Å². The van der Waals surface area contributed by atoms with Crippen molar-refractivity contribution in [1.82, 2.24) is 5.32 Å². The molecule has 2 amide bonds. The topological polar surface area (TPSA) is 76.9 Å². The van der Waals surface area contributed by atoms with Gasteiger partial charge in [-0.3, -0.25) is 0 Å². The van der Waals surface area contributed by atoms with Gasteiger partial charge in [0.25, 0.3) is 0 Å². The quantitative estimate of drug-likeness (QED) is 0.723. The Hall–Kier alpha value is -3.00. The molecule has 5 nitrogen and oxygen atoms in total. The van der Waals surface area contributed by atoms with E-state index in [0.29, 0.717) is 18.7 Å². The summed E-state index contributed by atoms with van der Waals surface area (Å²) in [7, 11) is 0. The molecule has 2 aromatic carbocycles. The predicted molar refractivity (Wildman–Crippen MR) is 96.8 cm³/mol. The molecule has 2 aromatic rings. The summed E-state index contributed by atoms with van der Waals surface area (Å²) in [4.78, 5) is 11.9. The van der Waals surface area contributed by atoms with Crippen molar-refractivity contribution in [1.29, 1.82) is 5.26 Å². The second-order valence-electron chi connectivity index (χ2n) is 5.46. The molecule has 0 spiro atoms. The van der Waals surface area contributed by atoms with E-state index >= 15 is 0 Å². The van der Waals surface area contributed by atoms with Gasteiger partial charge in [0.2, 0.25) is 0 Å². The molecule has 0 aromatic heterocycles. The number of nitrogens with zero attached hydrogens (tertiary/aromatic N) is 1. The lowest BCUT2D eigenvalue weighted by atomic mass is 10.1. The van der Waals surface area contributed by atoms with E-state index < -0.39 is 0 Å². The Morgan fingerprint density at radius 1 is 1.00 bits per heavy atom. The third-order valence-corrected chi connectivity index (χ3v) is 3.48. The van der Waals surface area contributed by atoms with Gasteiger partial charge in [0.05, 0.1) is 12.5 Å². The first kappa shape index (κ1) is 17.4. The van der Waals surface area contributed by atoms with Crippen LogP contribution in [-0.2, 0) is 13.0 Å². The summed E-state index contributed by atoms with van der Waals surface area (Å²) >= 11 is 0. The van der Waals surface area contributed by atoms with Crippen molar-refractivity contribution in [2.75, 3.05) is 17.2 Å². The van der Waals surface area contributed by atoms with Crippen molar-refractivity contribution in [3.05, 3.63) is 59.7 Å². The number of hydrogen-bond acceptors (Lipinski definition) is 3. The minimum atomic E-state index is -0.254. The number of hydrogen-bond donors (Lipinski definition) is 3. The van der Waals surface area contributed by atoms with Gasteiger partial charge >= 0.3 is 6.03 Å². The van der Waals surface area contributed by atoms with E-state index in [9.17, 15) is 4.79 Å². The summed E-state index contributed by atoms with van der Waals surface area (Å²) < 4.78 is 0. The average Bonchev–Trinajstić information content (AvgIpc) is 2.61. The van der Waals surface area contributed by atoms with Crippen LogP contribution in [0.25, 0.3) is 0 Å². The molecule has 5 heteroatoms. The summed E-state index contributed by atoms with van der Waals surface area (Å²) in [6, 6.07) is 17.1. The molecule has 0 aliphatic heterocycles. The number of nitrogens with one attached hydrogen (secondary N) is 3. The summed E-state index contributed by atoms with van der Waals surface area (Å²) in [5.41, 5.74) is 3.76. The number of nitriles is 1. The van der Waals surface area contributed by atoms with Crippen LogP contribution in [0.3, 0.4) is 0 Å². The lowest BCUT2D eigenvalue weighted by Crippen LogP contribution is -2.28. The Morgan fingerprint density at radius 3 is 2.25 bits per heavy atom. The molecular formula is C19H22N4O. The van der Waals surface area contributed by atoms with Crippen LogP contribution < -0.4 is 16.0 Å².